The lowest BCUT2D eigenvalue weighted by Gasteiger charge is -1.97. The summed E-state index contributed by atoms with van der Waals surface area (Å²) in [7, 11) is -2.74. The van der Waals surface area contributed by atoms with E-state index >= 15 is 0 Å². The molecule has 3 heterocycles. The molecular weight excluding hydrogens is 335 g/mol. The van der Waals surface area contributed by atoms with E-state index in [1.54, 1.807) is 16.7 Å². The largest absolute Gasteiger partial charge is 0.471 e. The van der Waals surface area contributed by atoms with Crippen LogP contribution in [0.2, 0.25) is 0 Å². The Kier molecular flexibility index (Phi) is 3.39. The highest BCUT2D eigenvalue weighted by Gasteiger charge is 2.38. The third-order valence-electron chi connectivity index (χ3n) is 2.85. The second-order valence-electron chi connectivity index (χ2n) is 4.99. The lowest BCUT2D eigenvalue weighted by atomic mass is 10.3. The van der Waals surface area contributed by atoms with Crippen molar-refractivity contribution >= 4 is 15.4 Å². The molecule has 0 aliphatic rings. The zero-order valence-electron chi connectivity index (χ0n) is 11.7. The van der Waals surface area contributed by atoms with Gasteiger partial charge in [-0.25, -0.2) is 9.19 Å². The van der Waals surface area contributed by atoms with Crippen molar-refractivity contribution in [2.24, 2.45) is 0 Å². The summed E-state index contributed by atoms with van der Waals surface area (Å²) in [5, 5.41) is 3.31. The van der Waals surface area contributed by atoms with E-state index in [4.69, 9.17) is 4.78 Å². The van der Waals surface area contributed by atoms with Crippen LogP contribution in [0, 0.1) is 4.78 Å². The molecule has 0 saturated heterocycles. The predicted octanol–water partition coefficient (Wildman–Crippen LogP) is 2.58. The fraction of sp³-hybridized carbons (Fsp3) is 0.250. The van der Waals surface area contributed by atoms with Crippen molar-refractivity contribution in [1.82, 2.24) is 19.5 Å². The highest BCUT2D eigenvalue weighted by molar-refractivity contribution is 7.90. The van der Waals surface area contributed by atoms with Gasteiger partial charge in [-0.3, -0.25) is 4.78 Å². The van der Waals surface area contributed by atoms with Crippen LogP contribution in [0.25, 0.3) is 17.0 Å². The number of fused-ring (bicyclic) bond motifs is 1. The summed E-state index contributed by atoms with van der Waals surface area (Å²) in [6.45, 7) is 0. The zero-order chi connectivity index (χ0) is 16.8. The SMILES string of the molecule is CS(=N)(=O)Cc1cn2cc(-c3noc(C(F)(F)F)n3)ccc2n1. The zero-order valence-corrected chi connectivity index (χ0v) is 12.5. The summed E-state index contributed by atoms with van der Waals surface area (Å²) in [5.74, 6) is -1.63. The first kappa shape index (κ1) is 15.5. The van der Waals surface area contributed by atoms with Gasteiger partial charge in [0.15, 0.2) is 0 Å². The molecule has 0 bridgehead atoms. The van der Waals surface area contributed by atoms with Crippen LogP contribution in [-0.2, 0) is 21.7 Å². The molecule has 0 spiro atoms. The highest BCUT2D eigenvalue weighted by atomic mass is 32.2. The van der Waals surface area contributed by atoms with Crippen LogP contribution in [0.3, 0.4) is 0 Å². The topological polar surface area (TPSA) is 97.1 Å². The Balaban J connectivity index is 1.98. The van der Waals surface area contributed by atoms with Crippen molar-refractivity contribution in [3.05, 3.63) is 36.1 Å². The standard InChI is InChI=1S/C12H10F3N5O2S/c1-23(16,21)6-8-5-20-4-7(2-3-9(20)17-8)10-18-11(22-19-10)12(13,14)15/h2-5,16H,6H2,1H3. The van der Waals surface area contributed by atoms with Crippen LogP contribution in [0.5, 0.6) is 0 Å². The van der Waals surface area contributed by atoms with Crippen molar-refractivity contribution in [3.63, 3.8) is 0 Å². The maximum Gasteiger partial charge on any atom is 0.471 e. The molecule has 0 saturated carbocycles. The molecular formula is C12H10F3N5O2S. The Labute approximate surface area is 128 Å². The van der Waals surface area contributed by atoms with Gasteiger partial charge in [-0.05, 0) is 12.1 Å². The Hall–Kier alpha value is -2.43. The Morgan fingerprint density at radius 1 is 1.30 bits per heavy atom. The molecule has 0 fully saturated rings. The first-order chi connectivity index (χ1) is 10.6. The van der Waals surface area contributed by atoms with Gasteiger partial charge in [0.25, 0.3) is 0 Å². The molecule has 0 aromatic carbocycles. The van der Waals surface area contributed by atoms with E-state index in [1.807, 2.05) is 0 Å². The van der Waals surface area contributed by atoms with Gasteiger partial charge in [0.2, 0.25) is 5.82 Å². The number of rotatable bonds is 3. The van der Waals surface area contributed by atoms with E-state index in [-0.39, 0.29) is 11.6 Å². The Morgan fingerprint density at radius 3 is 2.65 bits per heavy atom. The lowest BCUT2D eigenvalue weighted by Crippen LogP contribution is -2.04. The molecule has 1 N–H and O–H groups in total. The molecule has 3 aromatic rings. The van der Waals surface area contributed by atoms with Crippen molar-refractivity contribution in [2.75, 3.05) is 6.26 Å². The van der Waals surface area contributed by atoms with Gasteiger partial charge in [0.1, 0.15) is 5.65 Å². The van der Waals surface area contributed by atoms with E-state index in [0.717, 1.165) is 0 Å². The summed E-state index contributed by atoms with van der Waals surface area (Å²) in [6.07, 6.45) is -0.354. The number of nitrogens with zero attached hydrogens (tertiary/aromatic N) is 4. The minimum absolute atomic E-state index is 0.00948. The summed E-state index contributed by atoms with van der Waals surface area (Å²) in [6, 6.07) is 3.06. The molecule has 23 heavy (non-hydrogen) atoms. The fourth-order valence-corrected chi connectivity index (χ4v) is 2.69. The number of hydrogen-bond donors (Lipinski definition) is 1. The summed E-state index contributed by atoms with van der Waals surface area (Å²) in [5.41, 5.74) is 1.27. The summed E-state index contributed by atoms with van der Waals surface area (Å²) in [4.78, 5) is 7.51. The maximum absolute atomic E-state index is 12.5. The third kappa shape index (κ3) is 3.33. The first-order valence-electron chi connectivity index (χ1n) is 6.22. The second kappa shape index (κ2) is 5.05. The van der Waals surface area contributed by atoms with Gasteiger partial charge in [-0.2, -0.15) is 18.2 Å². The first-order valence-corrected chi connectivity index (χ1v) is 8.36. The van der Waals surface area contributed by atoms with E-state index < -0.39 is 21.8 Å². The van der Waals surface area contributed by atoms with E-state index in [0.29, 0.717) is 16.9 Å². The lowest BCUT2D eigenvalue weighted by molar-refractivity contribution is -0.159. The molecule has 0 amide bonds. The number of halogens is 3. The highest BCUT2D eigenvalue weighted by Crippen LogP contribution is 2.29. The molecule has 0 aliphatic heterocycles. The molecule has 1 unspecified atom stereocenters. The summed E-state index contributed by atoms with van der Waals surface area (Å²) < 4.78 is 62.1. The second-order valence-corrected chi connectivity index (χ2v) is 7.28. The van der Waals surface area contributed by atoms with Gasteiger partial charge in [0, 0.05) is 33.9 Å². The van der Waals surface area contributed by atoms with Crippen molar-refractivity contribution < 1.29 is 21.9 Å². The number of aromatic nitrogens is 4. The van der Waals surface area contributed by atoms with E-state index in [9.17, 15) is 17.4 Å². The van der Waals surface area contributed by atoms with Crippen LogP contribution in [0.1, 0.15) is 11.6 Å². The van der Waals surface area contributed by atoms with Crippen LogP contribution in [0.15, 0.2) is 29.0 Å². The molecule has 3 aromatic heterocycles. The van der Waals surface area contributed by atoms with Crippen molar-refractivity contribution in [1.29, 1.82) is 4.78 Å². The minimum atomic E-state index is -4.70. The van der Waals surface area contributed by atoms with E-state index in [1.165, 1.54) is 18.5 Å². The number of nitrogens with one attached hydrogen (secondary N) is 1. The average Bonchev–Trinajstić information content (AvgIpc) is 3.00. The van der Waals surface area contributed by atoms with Crippen LogP contribution >= 0.6 is 0 Å². The third-order valence-corrected chi connectivity index (χ3v) is 3.70. The quantitative estimate of drug-likeness (QED) is 0.787. The van der Waals surface area contributed by atoms with Gasteiger partial charge >= 0.3 is 12.1 Å². The van der Waals surface area contributed by atoms with Crippen LogP contribution in [0.4, 0.5) is 13.2 Å². The fourth-order valence-electron chi connectivity index (χ4n) is 1.98. The molecule has 0 radical (unpaired) electrons. The minimum Gasteiger partial charge on any atom is -0.329 e. The molecule has 7 nitrogen and oxygen atoms in total. The average molecular weight is 345 g/mol. The van der Waals surface area contributed by atoms with E-state index in [2.05, 4.69) is 19.6 Å². The normalized spacial score (nSPS) is 15.0. The molecule has 1 atom stereocenters. The molecule has 0 aliphatic carbocycles. The predicted molar refractivity (Wildman–Crippen MR) is 74.0 cm³/mol. The molecule has 11 heteroatoms. The summed E-state index contributed by atoms with van der Waals surface area (Å²) >= 11 is 0. The molecule has 3 rings (SSSR count). The van der Waals surface area contributed by atoms with Gasteiger partial charge < -0.3 is 8.92 Å². The van der Waals surface area contributed by atoms with Crippen molar-refractivity contribution in [3.8, 4) is 11.4 Å². The number of imidazole rings is 1. The van der Waals surface area contributed by atoms with Crippen LogP contribution in [-0.4, -0.2) is 30.0 Å². The number of hydrogen-bond acceptors (Lipinski definition) is 6. The molecule has 122 valence electrons. The van der Waals surface area contributed by atoms with Crippen molar-refractivity contribution in [2.45, 2.75) is 11.9 Å². The monoisotopic (exact) mass is 345 g/mol. The maximum atomic E-state index is 12.5. The number of alkyl halides is 3. The van der Waals surface area contributed by atoms with Gasteiger partial charge in [0.05, 0.1) is 11.4 Å². The Morgan fingerprint density at radius 2 is 2.04 bits per heavy atom. The number of pyridine rings is 1. The van der Waals surface area contributed by atoms with Gasteiger partial charge in [-0.1, -0.05) is 5.16 Å². The van der Waals surface area contributed by atoms with Crippen LogP contribution < -0.4 is 0 Å². The Bertz CT molecular complexity index is 974. The van der Waals surface area contributed by atoms with Gasteiger partial charge in [-0.15, -0.1) is 0 Å². The smallest absolute Gasteiger partial charge is 0.329 e.